The Balaban J connectivity index is 1.64. The molecular formula is C27H31BO2. The van der Waals surface area contributed by atoms with Crippen LogP contribution in [-0.2, 0) is 10.1 Å². The minimum Gasteiger partial charge on any atom is -0.427 e. The number of hydrogen-bond donors (Lipinski definition) is 1. The summed E-state index contributed by atoms with van der Waals surface area (Å²) in [5.74, 6) is 0. The highest BCUT2D eigenvalue weighted by Gasteiger charge is 2.36. The zero-order valence-electron chi connectivity index (χ0n) is 18.9. The molecule has 0 spiro atoms. The Labute approximate surface area is 181 Å². The van der Waals surface area contributed by atoms with E-state index in [0.717, 1.165) is 5.46 Å². The summed E-state index contributed by atoms with van der Waals surface area (Å²) < 4.78 is 6.07. The van der Waals surface area contributed by atoms with Crippen molar-refractivity contribution in [3.63, 3.8) is 0 Å². The first-order valence-electron chi connectivity index (χ1n) is 10.7. The molecule has 0 fully saturated rings. The SMILES string of the molecule is CC1(C)c2ccccc2-c2ccc(-c3cccc(BOC(C)(C)C(C)(C)O)c3)cc21. The third kappa shape index (κ3) is 3.51. The first kappa shape index (κ1) is 20.9. The van der Waals surface area contributed by atoms with E-state index >= 15 is 0 Å². The molecule has 154 valence electrons. The molecule has 3 aromatic carbocycles. The quantitative estimate of drug-likeness (QED) is 0.599. The van der Waals surface area contributed by atoms with Gasteiger partial charge in [-0.15, -0.1) is 0 Å². The summed E-state index contributed by atoms with van der Waals surface area (Å²) in [5.41, 5.74) is 7.43. The molecule has 2 nitrogen and oxygen atoms in total. The summed E-state index contributed by atoms with van der Waals surface area (Å²) in [7, 11) is 0.465. The monoisotopic (exact) mass is 398 g/mol. The summed E-state index contributed by atoms with van der Waals surface area (Å²) in [6.45, 7) is 12.0. The molecule has 1 aliphatic carbocycles. The second-order valence-corrected chi connectivity index (χ2v) is 9.99. The first-order valence-corrected chi connectivity index (χ1v) is 10.7. The Morgan fingerprint density at radius 2 is 1.43 bits per heavy atom. The topological polar surface area (TPSA) is 29.5 Å². The molecule has 0 heterocycles. The van der Waals surface area contributed by atoms with Gasteiger partial charge in [0.2, 0.25) is 0 Å². The zero-order valence-corrected chi connectivity index (χ0v) is 18.9. The van der Waals surface area contributed by atoms with E-state index in [4.69, 9.17) is 4.65 Å². The third-order valence-electron chi connectivity index (χ3n) is 6.92. The molecule has 0 saturated heterocycles. The van der Waals surface area contributed by atoms with Gasteiger partial charge < -0.3 is 9.76 Å². The Bertz CT molecular complexity index is 1090. The molecule has 0 bridgehead atoms. The number of fused-ring (bicyclic) bond motifs is 3. The van der Waals surface area contributed by atoms with E-state index in [1.54, 1.807) is 13.8 Å². The predicted molar refractivity (Wildman–Crippen MR) is 128 cm³/mol. The van der Waals surface area contributed by atoms with E-state index in [-0.39, 0.29) is 5.41 Å². The van der Waals surface area contributed by atoms with Gasteiger partial charge in [-0.05, 0) is 67.1 Å². The van der Waals surface area contributed by atoms with E-state index in [1.165, 1.54) is 33.4 Å². The van der Waals surface area contributed by atoms with Gasteiger partial charge in [0.25, 0.3) is 0 Å². The van der Waals surface area contributed by atoms with E-state index in [1.807, 2.05) is 13.8 Å². The van der Waals surface area contributed by atoms with Crippen LogP contribution in [0.5, 0.6) is 0 Å². The second kappa shape index (κ2) is 7.11. The van der Waals surface area contributed by atoms with E-state index in [2.05, 4.69) is 80.6 Å². The van der Waals surface area contributed by atoms with Crippen molar-refractivity contribution >= 4 is 12.9 Å². The molecule has 0 aromatic heterocycles. The van der Waals surface area contributed by atoms with Gasteiger partial charge in [0.15, 0.2) is 0 Å². The standard InChI is InChI=1S/C27H31BO2/c1-25(2)23-13-8-7-12-21(23)22-15-14-19(17-24(22)25)18-10-9-11-20(16-18)28-30-27(5,6)26(3,4)29/h7-17,28-29H,1-6H3. The lowest BCUT2D eigenvalue weighted by atomic mass is 9.80. The minimum absolute atomic E-state index is 0.000604. The summed E-state index contributed by atoms with van der Waals surface area (Å²) in [5, 5.41) is 10.3. The van der Waals surface area contributed by atoms with Crippen molar-refractivity contribution < 1.29 is 9.76 Å². The van der Waals surface area contributed by atoms with Crippen LogP contribution in [0, 0.1) is 0 Å². The fourth-order valence-electron chi connectivity index (χ4n) is 4.16. The average Bonchev–Trinajstić information content (AvgIpc) is 2.93. The highest BCUT2D eigenvalue weighted by molar-refractivity contribution is 6.47. The smallest absolute Gasteiger partial charge is 0.309 e. The first-order chi connectivity index (χ1) is 14.0. The molecule has 0 unspecified atom stereocenters. The highest BCUT2D eigenvalue weighted by Crippen LogP contribution is 2.49. The molecule has 3 heteroatoms. The van der Waals surface area contributed by atoms with Gasteiger partial charge >= 0.3 is 7.48 Å². The van der Waals surface area contributed by atoms with Crippen molar-refractivity contribution in [2.24, 2.45) is 0 Å². The minimum atomic E-state index is -0.912. The fraction of sp³-hybridized carbons (Fsp3) is 0.333. The van der Waals surface area contributed by atoms with Crippen LogP contribution >= 0.6 is 0 Å². The molecule has 4 rings (SSSR count). The van der Waals surface area contributed by atoms with Crippen LogP contribution < -0.4 is 5.46 Å². The lowest BCUT2D eigenvalue weighted by molar-refractivity contribution is -0.0893. The average molecular weight is 398 g/mol. The van der Waals surface area contributed by atoms with Gasteiger partial charge in [0.05, 0.1) is 11.2 Å². The Morgan fingerprint density at radius 1 is 0.767 bits per heavy atom. The van der Waals surface area contributed by atoms with Crippen molar-refractivity contribution in [1.29, 1.82) is 0 Å². The molecule has 30 heavy (non-hydrogen) atoms. The molecule has 0 saturated carbocycles. The van der Waals surface area contributed by atoms with Crippen LogP contribution in [0.1, 0.15) is 52.7 Å². The van der Waals surface area contributed by atoms with E-state index < -0.39 is 11.2 Å². The van der Waals surface area contributed by atoms with Crippen molar-refractivity contribution in [2.45, 2.75) is 58.2 Å². The summed E-state index contributed by atoms with van der Waals surface area (Å²) >= 11 is 0. The molecule has 0 aliphatic heterocycles. The van der Waals surface area contributed by atoms with Crippen molar-refractivity contribution in [3.05, 3.63) is 77.9 Å². The highest BCUT2D eigenvalue weighted by atomic mass is 16.5. The summed E-state index contributed by atoms with van der Waals surface area (Å²) in [6, 6.07) is 24.1. The Hall–Kier alpha value is -2.36. The second-order valence-electron chi connectivity index (χ2n) is 9.99. The van der Waals surface area contributed by atoms with Crippen LogP contribution in [0.15, 0.2) is 66.7 Å². The van der Waals surface area contributed by atoms with Crippen LogP contribution in [-0.4, -0.2) is 23.8 Å². The van der Waals surface area contributed by atoms with Gasteiger partial charge in [-0.3, -0.25) is 0 Å². The summed E-state index contributed by atoms with van der Waals surface area (Å²) in [4.78, 5) is 0. The third-order valence-corrected chi connectivity index (χ3v) is 6.92. The molecule has 0 atom stereocenters. The molecule has 1 N–H and O–H groups in total. The lowest BCUT2D eigenvalue weighted by Gasteiger charge is -2.37. The fourth-order valence-corrected chi connectivity index (χ4v) is 4.16. The molecular weight excluding hydrogens is 367 g/mol. The number of hydrogen-bond acceptors (Lipinski definition) is 2. The normalized spacial score (nSPS) is 14.9. The molecule has 1 aliphatic rings. The Kier molecular flexibility index (Phi) is 4.95. The predicted octanol–water partition coefficient (Wildman–Crippen LogP) is 5.20. The van der Waals surface area contributed by atoms with Gasteiger partial charge in [0, 0.05) is 5.41 Å². The maximum atomic E-state index is 10.3. The molecule has 0 radical (unpaired) electrons. The zero-order chi connectivity index (χ0) is 21.7. The van der Waals surface area contributed by atoms with E-state index in [0.29, 0.717) is 7.48 Å². The van der Waals surface area contributed by atoms with Crippen LogP contribution in [0.3, 0.4) is 0 Å². The van der Waals surface area contributed by atoms with Crippen molar-refractivity contribution in [1.82, 2.24) is 0 Å². The molecule has 0 amide bonds. The number of rotatable bonds is 5. The van der Waals surface area contributed by atoms with Crippen LogP contribution in [0.2, 0.25) is 0 Å². The van der Waals surface area contributed by atoms with E-state index in [9.17, 15) is 5.11 Å². The maximum Gasteiger partial charge on any atom is 0.309 e. The largest absolute Gasteiger partial charge is 0.427 e. The van der Waals surface area contributed by atoms with Crippen LogP contribution in [0.4, 0.5) is 0 Å². The number of benzene rings is 3. The van der Waals surface area contributed by atoms with Gasteiger partial charge in [0.1, 0.15) is 0 Å². The van der Waals surface area contributed by atoms with Gasteiger partial charge in [-0.2, -0.15) is 0 Å². The van der Waals surface area contributed by atoms with Gasteiger partial charge in [-0.1, -0.05) is 80.0 Å². The molecule has 3 aromatic rings. The van der Waals surface area contributed by atoms with Crippen molar-refractivity contribution in [2.75, 3.05) is 0 Å². The lowest BCUT2D eigenvalue weighted by Crippen LogP contribution is -2.49. The van der Waals surface area contributed by atoms with Crippen LogP contribution in [0.25, 0.3) is 22.3 Å². The Morgan fingerprint density at radius 3 is 2.17 bits per heavy atom. The maximum absolute atomic E-state index is 10.3. The van der Waals surface area contributed by atoms with Crippen molar-refractivity contribution in [3.8, 4) is 22.3 Å². The summed E-state index contributed by atoms with van der Waals surface area (Å²) in [6.07, 6.45) is 0. The van der Waals surface area contributed by atoms with Gasteiger partial charge in [-0.25, -0.2) is 0 Å². The number of aliphatic hydroxyl groups is 1.